The predicted molar refractivity (Wildman–Crippen MR) is 112 cm³/mol. The quantitative estimate of drug-likeness (QED) is 0.657. The predicted octanol–water partition coefficient (Wildman–Crippen LogP) is 3.91. The molecule has 0 bridgehead atoms. The third kappa shape index (κ3) is 4.03. The second kappa shape index (κ2) is 7.95. The Morgan fingerprint density at radius 1 is 0.966 bits per heavy atom. The Labute approximate surface area is 169 Å². The Balaban J connectivity index is 1.55. The lowest BCUT2D eigenvalue weighted by Crippen LogP contribution is -2.34. The zero-order valence-corrected chi connectivity index (χ0v) is 16.7. The van der Waals surface area contributed by atoms with Crippen molar-refractivity contribution in [3.8, 4) is 0 Å². The summed E-state index contributed by atoms with van der Waals surface area (Å²) in [5.41, 5.74) is 1.11. The van der Waals surface area contributed by atoms with Crippen LogP contribution >= 0.6 is 0 Å². The van der Waals surface area contributed by atoms with Crippen LogP contribution in [0.25, 0.3) is 10.8 Å². The van der Waals surface area contributed by atoms with Gasteiger partial charge in [0.1, 0.15) is 5.82 Å². The van der Waals surface area contributed by atoms with Crippen molar-refractivity contribution in [2.75, 3.05) is 18.8 Å². The van der Waals surface area contributed by atoms with Crippen LogP contribution in [-0.2, 0) is 21.1 Å². The summed E-state index contributed by atoms with van der Waals surface area (Å²) >= 11 is 0. The molecule has 4 rings (SSSR count). The van der Waals surface area contributed by atoms with E-state index in [-0.39, 0.29) is 36.6 Å². The summed E-state index contributed by atoms with van der Waals surface area (Å²) in [4.78, 5) is 14.5. The van der Waals surface area contributed by atoms with Crippen LogP contribution in [-0.4, -0.2) is 38.1 Å². The second-order valence-corrected chi connectivity index (χ2v) is 9.66. The number of halogens is 1. The van der Waals surface area contributed by atoms with Crippen molar-refractivity contribution in [1.82, 2.24) is 4.90 Å². The lowest BCUT2D eigenvalue weighted by atomic mass is 10.0. The summed E-state index contributed by atoms with van der Waals surface area (Å²) in [7, 11) is -3.54. The SMILES string of the molecule is O=C(Cc1cccc2ccccc12)N1CCC(c2ccccc2F)S(=O)(=O)CC1. The van der Waals surface area contributed by atoms with Crippen molar-refractivity contribution in [3.63, 3.8) is 0 Å². The van der Waals surface area contributed by atoms with Crippen LogP contribution < -0.4 is 0 Å². The molecule has 1 heterocycles. The summed E-state index contributed by atoms with van der Waals surface area (Å²) in [5, 5.41) is 1.17. The lowest BCUT2D eigenvalue weighted by molar-refractivity contribution is -0.130. The molecular weight excluding hydrogens is 389 g/mol. The highest BCUT2D eigenvalue weighted by atomic mass is 32.2. The van der Waals surface area contributed by atoms with Crippen LogP contribution in [0.4, 0.5) is 4.39 Å². The molecule has 1 aliphatic heterocycles. The number of sulfone groups is 1. The topological polar surface area (TPSA) is 54.5 Å². The molecule has 1 unspecified atom stereocenters. The number of hydrogen-bond donors (Lipinski definition) is 0. The van der Waals surface area contributed by atoms with Crippen LogP contribution in [0.5, 0.6) is 0 Å². The molecule has 0 spiro atoms. The van der Waals surface area contributed by atoms with E-state index in [1.807, 2.05) is 42.5 Å². The molecule has 0 aliphatic carbocycles. The lowest BCUT2D eigenvalue weighted by Gasteiger charge is -2.20. The molecule has 4 nitrogen and oxygen atoms in total. The first-order chi connectivity index (χ1) is 14.0. The normalized spacial score (nSPS) is 19.1. The van der Waals surface area contributed by atoms with Gasteiger partial charge in [-0.15, -0.1) is 0 Å². The fraction of sp³-hybridized carbons (Fsp3) is 0.261. The monoisotopic (exact) mass is 411 g/mol. The van der Waals surface area contributed by atoms with Gasteiger partial charge in [0, 0.05) is 18.7 Å². The molecule has 1 saturated heterocycles. The molecule has 1 fully saturated rings. The molecule has 6 heteroatoms. The zero-order chi connectivity index (χ0) is 20.4. The van der Waals surface area contributed by atoms with Gasteiger partial charge in [-0.1, -0.05) is 60.7 Å². The number of carbonyl (C=O) groups is 1. The van der Waals surface area contributed by atoms with Gasteiger partial charge in [-0.25, -0.2) is 12.8 Å². The molecule has 1 amide bonds. The summed E-state index contributed by atoms with van der Waals surface area (Å²) in [6.07, 6.45) is 0.413. The molecule has 3 aromatic carbocycles. The van der Waals surface area contributed by atoms with E-state index in [1.165, 1.54) is 12.1 Å². The third-order valence-electron chi connectivity index (χ3n) is 5.57. The largest absolute Gasteiger partial charge is 0.341 e. The van der Waals surface area contributed by atoms with Crippen LogP contribution in [0.3, 0.4) is 0 Å². The maximum atomic E-state index is 14.2. The van der Waals surface area contributed by atoms with Gasteiger partial charge in [0.25, 0.3) is 0 Å². The van der Waals surface area contributed by atoms with E-state index in [4.69, 9.17) is 0 Å². The molecule has 29 heavy (non-hydrogen) atoms. The minimum Gasteiger partial charge on any atom is -0.341 e. The minimum absolute atomic E-state index is 0.106. The molecule has 0 N–H and O–H groups in total. The van der Waals surface area contributed by atoms with Crippen molar-refractivity contribution >= 4 is 26.5 Å². The van der Waals surface area contributed by atoms with Gasteiger partial charge < -0.3 is 4.90 Å². The first-order valence-corrected chi connectivity index (χ1v) is 11.4. The summed E-state index contributed by atoms with van der Waals surface area (Å²) in [5.74, 6) is -0.782. The van der Waals surface area contributed by atoms with Crippen LogP contribution in [0.2, 0.25) is 0 Å². The van der Waals surface area contributed by atoms with Crippen molar-refractivity contribution in [3.05, 3.63) is 83.7 Å². The maximum Gasteiger partial charge on any atom is 0.227 e. The maximum absolute atomic E-state index is 14.2. The average molecular weight is 411 g/mol. The summed E-state index contributed by atoms with van der Waals surface area (Å²) in [6, 6.07) is 19.7. The Bertz CT molecular complexity index is 1150. The minimum atomic E-state index is -3.54. The number of nitrogens with zero attached hydrogens (tertiary/aromatic N) is 1. The number of fused-ring (bicyclic) bond motifs is 1. The molecule has 1 atom stereocenters. The van der Waals surface area contributed by atoms with Crippen LogP contribution in [0.15, 0.2) is 66.7 Å². The summed E-state index contributed by atoms with van der Waals surface area (Å²) < 4.78 is 39.7. The highest BCUT2D eigenvalue weighted by molar-refractivity contribution is 7.91. The highest BCUT2D eigenvalue weighted by Crippen LogP contribution is 2.31. The first kappa shape index (κ1) is 19.6. The molecule has 150 valence electrons. The first-order valence-electron chi connectivity index (χ1n) is 9.66. The van der Waals surface area contributed by atoms with E-state index < -0.39 is 20.9 Å². The number of rotatable bonds is 3. The van der Waals surface area contributed by atoms with E-state index in [0.717, 1.165) is 16.3 Å². The number of amides is 1. The van der Waals surface area contributed by atoms with Crippen LogP contribution in [0, 0.1) is 5.82 Å². The number of hydrogen-bond acceptors (Lipinski definition) is 3. The second-order valence-electron chi connectivity index (χ2n) is 7.36. The highest BCUT2D eigenvalue weighted by Gasteiger charge is 2.34. The number of carbonyl (C=O) groups excluding carboxylic acids is 1. The molecule has 3 aromatic rings. The smallest absolute Gasteiger partial charge is 0.227 e. The Hall–Kier alpha value is -2.73. The van der Waals surface area contributed by atoms with E-state index in [2.05, 4.69) is 0 Å². The van der Waals surface area contributed by atoms with Gasteiger partial charge in [-0.3, -0.25) is 4.79 Å². The van der Waals surface area contributed by atoms with Crippen molar-refractivity contribution in [2.24, 2.45) is 0 Å². The van der Waals surface area contributed by atoms with Gasteiger partial charge in [-0.2, -0.15) is 0 Å². The third-order valence-corrected chi connectivity index (χ3v) is 7.68. The fourth-order valence-corrected chi connectivity index (χ4v) is 5.80. The van der Waals surface area contributed by atoms with Gasteiger partial charge in [-0.05, 0) is 28.8 Å². The Morgan fingerprint density at radius 2 is 1.69 bits per heavy atom. The molecular formula is C23H22FNO3S. The van der Waals surface area contributed by atoms with Gasteiger partial charge >= 0.3 is 0 Å². The van der Waals surface area contributed by atoms with Crippen molar-refractivity contribution < 1.29 is 17.6 Å². The van der Waals surface area contributed by atoms with E-state index in [9.17, 15) is 17.6 Å². The van der Waals surface area contributed by atoms with Crippen LogP contribution in [0.1, 0.15) is 22.8 Å². The Kier molecular flexibility index (Phi) is 5.37. The molecule has 0 radical (unpaired) electrons. The van der Waals surface area contributed by atoms with Crippen molar-refractivity contribution in [1.29, 1.82) is 0 Å². The average Bonchev–Trinajstić information content (AvgIpc) is 2.87. The van der Waals surface area contributed by atoms with E-state index in [0.29, 0.717) is 6.54 Å². The Morgan fingerprint density at radius 3 is 2.52 bits per heavy atom. The fourth-order valence-electron chi connectivity index (χ4n) is 4.00. The van der Waals surface area contributed by atoms with Gasteiger partial charge in [0.05, 0.1) is 17.4 Å². The standard InChI is InChI=1S/C23H22FNO3S/c24-21-11-4-3-10-20(21)22-12-13-25(14-15-29(22,27)28)23(26)16-18-8-5-7-17-6-1-2-9-19(17)18/h1-11,22H,12-16H2. The summed E-state index contributed by atoms with van der Waals surface area (Å²) in [6.45, 7) is 0.429. The van der Waals surface area contributed by atoms with Crippen molar-refractivity contribution in [2.45, 2.75) is 18.1 Å². The molecule has 0 saturated carbocycles. The molecule has 0 aromatic heterocycles. The van der Waals surface area contributed by atoms with E-state index in [1.54, 1.807) is 17.0 Å². The zero-order valence-electron chi connectivity index (χ0n) is 15.9. The number of benzene rings is 3. The van der Waals surface area contributed by atoms with Gasteiger partial charge in [0.15, 0.2) is 9.84 Å². The van der Waals surface area contributed by atoms with Gasteiger partial charge in [0.2, 0.25) is 5.91 Å². The van der Waals surface area contributed by atoms with E-state index >= 15 is 0 Å². The molecule has 1 aliphatic rings.